The van der Waals surface area contributed by atoms with Gasteiger partial charge in [0.25, 0.3) is 0 Å². The summed E-state index contributed by atoms with van der Waals surface area (Å²) >= 11 is 0. The fourth-order valence-electron chi connectivity index (χ4n) is 3.46. The van der Waals surface area contributed by atoms with E-state index in [0.29, 0.717) is 37.6 Å². The SMILES string of the molecule is CCOc1ccccc1NC(=O)N1CCC[C@H]1C(=O)NC[C@@H]1CCCO1. The van der Waals surface area contributed by atoms with Crippen molar-refractivity contribution in [2.75, 3.05) is 31.6 Å². The number of likely N-dealkylation sites (tertiary alicyclic amines) is 1. The van der Waals surface area contributed by atoms with E-state index in [2.05, 4.69) is 10.6 Å². The Hall–Kier alpha value is -2.28. The number of rotatable bonds is 6. The molecule has 2 heterocycles. The molecule has 1 aromatic carbocycles. The van der Waals surface area contributed by atoms with E-state index in [1.165, 1.54) is 0 Å². The number of hydrogen-bond acceptors (Lipinski definition) is 4. The molecule has 3 amide bonds. The number of para-hydroxylation sites is 2. The number of benzene rings is 1. The fourth-order valence-corrected chi connectivity index (χ4v) is 3.46. The standard InChI is InChI=1S/C19H27N3O4/c1-2-25-17-10-4-3-8-15(17)21-19(24)22-11-5-9-16(22)18(23)20-13-14-7-6-12-26-14/h3-4,8,10,14,16H,2,5-7,9,11-13H2,1H3,(H,20,23)(H,21,24)/t14-,16-/m0/s1. The highest BCUT2D eigenvalue weighted by Gasteiger charge is 2.34. The lowest BCUT2D eigenvalue weighted by Gasteiger charge is -2.25. The van der Waals surface area contributed by atoms with E-state index in [1.54, 1.807) is 11.0 Å². The molecule has 2 saturated heterocycles. The number of nitrogens with one attached hydrogen (secondary N) is 2. The summed E-state index contributed by atoms with van der Waals surface area (Å²) in [5, 5.41) is 5.81. The van der Waals surface area contributed by atoms with Gasteiger partial charge in [-0.1, -0.05) is 12.1 Å². The van der Waals surface area contributed by atoms with E-state index in [1.807, 2.05) is 25.1 Å². The Labute approximate surface area is 154 Å². The van der Waals surface area contributed by atoms with Crippen LogP contribution >= 0.6 is 0 Å². The van der Waals surface area contributed by atoms with Crippen molar-refractivity contribution in [2.45, 2.75) is 44.8 Å². The molecule has 2 fully saturated rings. The number of carbonyl (C=O) groups is 2. The van der Waals surface area contributed by atoms with Crippen molar-refractivity contribution in [3.8, 4) is 5.75 Å². The molecule has 0 unspecified atom stereocenters. The lowest BCUT2D eigenvalue weighted by molar-refractivity contribution is -0.125. The first-order valence-corrected chi connectivity index (χ1v) is 9.37. The van der Waals surface area contributed by atoms with E-state index >= 15 is 0 Å². The summed E-state index contributed by atoms with van der Waals surface area (Å²) in [7, 11) is 0. The minimum atomic E-state index is -0.435. The normalized spacial score (nSPS) is 22.3. The van der Waals surface area contributed by atoms with Crippen LogP contribution in [0.3, 0.4) is 0 Å². The Morgan fingerprint density at radius 3 is 2.88 bits per heavy atom. The predicted octanol–water partition coefficient (Wildman–Crippen LogP) is 2.38. The third-order valence-electron chi connectivity index (χ3n) is 4.77. The molecule has 0 saturated carbocycles. The van der Waals surface area contributed by atoms with Crippen molar-refractivity contribution < 1.29 is 19.1 Å². The first-order chi connectivity index (χ1) is 12.7. The van der Waals surface area contributed by atoms with Crippen LogP contribution in [0.25, 0.3) is 0 Å². The average Bonchev–Trinajstić information content (AvgIpc) is 3.33. The highest BCUT2D eigenvalue weighted by Crippen LogP contribution is 2.26. The lowest BCUT2D eigenvalue weighted by Crippen LogP contribution is -2.48. The van der Waals surface area contributed by atoms with Crippen LogP contribution in [-0.4, -0.2) is 55.3 Å². The highest BCUT2D eigenvalue weighted by molar-refractivity contribution is 5.95. The second-order valence-corrected chi connectivity index (χ2v) is 6.59. The molecule has 142 valence electrons. The monoisotopic (exact) mass is 361 g/mol. The maximum absolute atomic E-state index is 12.7. The molecule has 2 aliphatic heterocycles. The summed E-state index contributed by atoms with van der Waals surface area (Å²) in [6.07, 6.45) is 3.61. The van der Waals surface area contributed by atoms with Crippen molar-refractivity contribution in [3.05, 3.63) is 24.3 Å². The first-order valence-electron chi connectivity index (χ1n) is 9.37. The number of ether oxygens (including phenoxy) is 2. The number of urea groups is 1. The summed E-state index contributed by atoms with van der Waals surface area (Å²) in [5.74, 6) is 0.521. The van der Waals surface area contributed by atoms with Crippen LogP contribution in [0.15, 0.2) is 24.3 Å². The number of anilines is 1. The number of hydrogen-bond donors (Lipinski definition) is 2. The second kappa shape index (κ2) is 8.89. The fraction of sp³-hybridized carbons (Fsp3) is 0.579. The van der Waals surface area contributed by atoms with E-state index in [9.17, 15) is 9.59 Å². The van der Waals surface area contributed by atoms with Crippen molar-refractivity contribution >= 4 is 17.6 Å². The van der Waals surface area contributed by atoms with Crippen LogP contribution in [-0.2, 0) is 9.53 Å². The Morgan fingerprint density at radius 1 is 1.27 bits per heavy atom. The van der Waals surface area contributed by atoms with Gasteiger partial charge in [-0.2, -0.15) is 0 Å². The van der Waals surface area contributed by atoms with Crippen molar-refractivity contribution in [2.24, 2.45) is 0 Å². The zero-order valence-corrected chi connectivity index (χ0v) is 15.2. The molecule has 7 heteroatoms. The number of nitrogens with zero attached hydrogens (tertiary/aromatic N) is 1. The first kappa shape index (κ1) is 18.5. The summed E-state index contributed by atoms with van der Waals surface area (Å²) in [5.41, 5.74) is 0.616. The van der Waals surface area contributed by atoms with Gasteiger partial charge >= 0.3 is 6.03 Å². The van der Waals surface area contributed by atoms with Gasteiger partial charge in [0, 0.05) is 19.7 Å². The average molecular weight is 361 g/mol. The van der Waals surface area contributed by atoms with E-state index < -0.39 is 6.04 Å². The molecule has 26 heavy (non-hydrogen) atoms. The molecule has 3 rings (SSSR count). The quantitative estimate of drug-likeness (QED) is 0.815. The third-order valence-corrected chi connectivity index (χ3v) is 4.77. The van der Waals surface area contributed by atoms with Crippen LogP contribution in [0.1, 0.15) is 32.6 Å². The summed E-state index contributed by atoms with van der Waals surface area (Å²) in [6, 6.07) is 6.61. The van der Waals surface area contributed by atoms with Gasteiger partial charge in [0.15, 0.2) is 0 Å². The summed E-state index contributed by atoms with van der Waals surface area (Å²) in [6.45, 7) is 4.26. The molecule has 0 aromatic heterocycles. The van der Waals surface area contributed by atoms with Crippen LogP contribution in [0.2, 0.25) is 0 Å². The smallest absolute Gasteiger partial charge is 0.322 e. The van der Waals surface area contributed by atoms with Crippen molar-refractivity contribution in [1.82, 2.24) is 10.2 Å². The van der Waals surface area contributed by atoms with Gasteiger partial charge in [0.05, 0.1) is 18.4 Å². The van der Waals surface area contributed by atoms with Gasteiger partial charge < -0.3 is 25.0 Å². The van der Waals surface area contributed by atoms with Crippen LogP contribution in [0.5, 0.6) is 5.75 Å². The van der Waals surface area contributed by atoms with Gasteiger partial charge in [-0.3, -0.25) is 4.79 Å². The Bertz CT molecular complexity index is 631. The van der Waals surface area contributed by atoms with Gasteiger partial charge in [0.2, 0.25) is 5.91 Å². The zero-order valence-electron chi connectivity index (χ0n) is 15.2. The third kappa shape index (κ3) is 4.46. The zero-order chi connectivity index (χ0) is 18.4. The summed E-state index contributed by atoms with van der Waals surface area (Å²) in [4.78, 5) is 26.8. The molecule has 2 atom stereocenters. The van der Waals surface area contributed by atoms with Gasteiger partial charge in [0.1, 0.15) is 11.8 Å². The molecule has 0 bridgehead atoms. The Kier molecular flexibility index (Phi) is 6.33. The predicted molar refractivity (Wildman–Crippen MR) is 98.3 cm³/mol. The molecule has 0 spiro atoms. The molecule has 1 aromatic rings. The van der Waals surface area contributed by atoms with E-state index in [0.717, 1.165) is 25.9 Å². The maximum atomic E-state index is 12.7. The van der Waals surface area contributed by atoms with E-state index in [-0.39, 0.29) is 18.0 Å². The van der Waals surface area contributed by atoms with Crippen LogP contribution in [0, 0.1) is 0 Å². The van der Waals surface area contributed by atoms with Crippen LogP contribution < -0.4 is 15.4 Å². The topological polar surface area (TPSA) is 79.9 Å². The minimum absolute atomic E-state index is 0.0979. The van der Waals surface area contributed by atoms with Gasteiger partial charge in [-0.15, -0.1) is 0 Å². The molecular weight excluding hydrogens is 334 g/mol. The van der Waals surface area contributed by atoms with Gasteiger partial charge in [-0.05, 0) is 44.7 Å². The number of amides is 3. The summed E-state index contributed by atoms with van der Waals surface area (Å²) < 4.78 is 11.1. The van der Waals surface area contributed by atoms with Crippen LogP contribution in [0.4, 0.5) is 10.5 Å². The second-order valence-electron chi connectivity index (χ2n) is 6.59. The van der Waals surface area contributed by atoms with Crippen molar-refractivity contribution in [3.63, 3.8) is 0 Å². The molecule has 2 N–H and O–H groups in total. The lowest BCUT2D eigenvalue weighted by atomic mass is 10.2. The highest BCUT2D eigenvalue weighted by atomic mass is 16.5. The van der Waals surface area contributed by atoms with E-state index in [4.69, 9.17) is 9.47 Å². The minimum Gasteiger partial charge on any atom is -0.492 e. The van der Waals surface area contributed by atoms with Crippen molar-refractivity contribution in [1.29, 1.82) is 0 Å². The number of carbonyl (C=O) groups excluding carboxylic acids is 2. The molecule has 7 nitrogen and oxygen atoms in total. The molecule has 0 aliphatic carbocycles. The molecule has 2 aliphatic rings. The maximum Gasteiger partial charge on any atom is 0.322 e. The Balaban J connectivity index is 1.58. The molecular formula is C19H27N3O4. The largest absolute Gasteiger partial charge is 0.492 e. The molecule has 0 radical (unpaired) electrons. The Morgan fingerprint density at radius 2 is 2.12 bits per heavy atom. The van der Waals surface area contributed by atoms with Gasteiger partial charge in [-0.25, -0.2) is 4.79 Å².